The lowest BCUT2D eigenvalue weighted by atomic mass is 10.2. The number of methoxy groups -OCH3 is 1. The van der Waals surface area contributed by atoms with E-state index in [0.29, 0.717) is 34.3 Å². The fourth-order valence-electron chi connectivity index (χ4n) is 3.35. The Morgan fingerprint density at radius 3 is 2.59 bits per heavy atom. The summed E-state index contributed by atoms with van der Waals surface area (Å²) in [6.45, 7) is 5.69. The minimum absolute atomic E-state index is 0.253. The zero-order chi connectivity index (χ0) is 21.3. The normalized spacial score (nSPS) is 14.5. The first kappa shape index (κ1) is 20.7. The van der Waals surface area contributed by atoms with Crippen molar-refractivity contribution in [2.45, 2.75) is 26.9 Å². The molecule has 1 aromatic heterocycles. The lowest BCUT2D eigenvalue weighted by molar-refractivity contribution is -0.136. The van der Waals surface area contributed by atoms with Gasteiger partial charge in [-0.05, 0) is 45.0 Å². The third kappa shape index (κ3) is 3.93. The van der Waals surface area contributed by atoms with E-state index in [2.05, 4.69) is 5.32 Å². The van der Waals surface area contributed by atoms with Crippen molar-refractivity contribution in [3.8, 4) is 11.4 Å². The van der Waals surface area contributed by atoms with Crippen LogP contribution in [-0.4, -0.2) is 53.7 Å². The molecule has 1 aliphatic heterocycles. The molecule has 3 rings (SSSR count). The van der Waals surface area contributed by atoms with Gasteiger partial charge in [-0.2, -0.15) is 0 Å². The van der Waals surface area contributed by atoms with Crippen molar-refractivity contribution in [1.29, 1.82) is 0 Å². The molecule has 3 amide bonds. The van der Waals surface area contributed by atoms with Crippen molar-refractivity contribution in [3.05, 3.63) is 46.2 Å². The number of nitrogens with one attached hydrogen (secondary N) is 1. The Balaban J connectivity index is 1.86. The van der Waals surface area contributed by atoms with Crippen molar-refractivity contribution >= 4 is 29.5 Å². The van der Waals surface area contributed by atoms with Crippen LogP contribution in [0.3, 0.4) is 0 Å². The molecule has 0 aliphatic carbocycles. The van der Waals surface area contributed by atoms with Gasteiger partial charge in [0.1, 0.15) is 5.75 Å². The Kier molecular flexibility index (Phi) is 5.83. The zero-order valence-electron chi connectivity index (χ0n) is 16.6. The van der Waals surface area contributed by atoms with Crippen molar-refractivity contribution in [3.63, 3.8) is 0 Å². The molecule has 1 fully saturated rings. The molecule has 0 bridgehead atoms. The molecule has 2 heterocycles. The molecule has 1 N–H and O–H groups in total. The van der Waals surface area contributed by atoms with E-state index in [1.54, 1.807) is 38.3 Å². The molecule has 2 aromatic rings. The van der Waals surface area contributed by atoms with Crippen LogP contribution in [0.2, 0.25) is 5.02 Å². The maximum Gasteiger partial charge on any atom is 0.340 e. The highest BCUT2D eigenvalue weighted by molar-refractivity contribution is 6.30. The zero-order valence-corrected chi connectivity index (χ0v) is 17.4. The first-order chi connectivity index (χ1) is 13.7. The number of hydrogen-bond acceptors (Lipinski definition) is 5. The van der Waals surface area contributed by atoms with Gasteiger partial charge >= 0.3 is 12.0 Å². The standard InChI is InChI=1S/C20H22ClN3O5/c1-11-9-15(12(2)24(11)16-10-14(21)5-6-17(16)28-4)19(26)29-13(3)18(25)23-8-7-22-20(23)27/h5-6,9-10,13H,7-8H2,1-4H3,(H,22,27). The molecule has 154 valence electrons. The Morgan fingerprint density at radius 1 is 1.24 bits per heavy atom. The van der Waals surface area contributed by atoms with E-state index >= 15 is 0 Å². The number of benzene rings is 1. The van der Waals surface area contributed by atoms with Gasteiger partial charge < -0.3 is 19.4 Å². The maximum atomic E-state index is 12.7. The van der Waals surface area contributed by atoms with Crippen LogP contribution < -0.4 is 10.1 Å². The summed E-state index contributed by atoms with van der Waals surface area (Å²) >= 11 is 6.14. The summed E-state index contributed by atoms with van der Waals surface area (Å²) in [5, 5.41) is 3.07. The van der Waals surface area contributed by atoms with E-state index in [1.165, 1.54) is 6.92 Å². The molecule has 0 radical (unpaired) electrons. The molecular weight excluding hydrogens is 398 g/mol. The van der Waals surface area contributed by atoms with Crippen LogP contribution in [0, 0.1) is 13.8 Å². The molecule has 1 saturated heterocycles. The summed E-state index contributed by atoms with van der Waals surface area (Å²) in [5.41, 5.74) is 2.39. The quantitative estimate of drug-likeness (QED) is 0.752. The van der Waals surface area contributed by atoms with E-state index < -0.39 is 24.0 Å². The molecule has 1 aliphatic rings. The number of amides is 3. The third-order valence-electron chi connectivity index (χ3n) is 4.79. The van der Waals surface area contributed by atoms with Gasteiger partial charge in [-0.3, -0.25) is 9.69 Å². The Bertz CT molecular complexity index is 985. The summed E-state index contributed by atoms with van der Waals surface area (Å²) in [7, 11) is 1.55. The number of imide groups is 1. The van der Waals surface area contributed by atoms with Crippen molar-refractivity contribution in [2.24, 2.45) is 0 Å². The number of hydrogen-bond donors (Lipinski definition) is 1. The lowest BCUT2D eigenvalue weighted by Crippen LogP contribution is -2.41. The molecular formula is C20H22ClN3O5. The van der Waals surface area contributed by atoms with Gasteiger partial charge in [-0.25, -0.2) is 9.59 Å². The molecule has 1 unspecified atom stereocenters. The van der Waals surface area contributed by atoms with Crippen LogP contribution in [0.4, 0.5) is 4.79 Å². The van der Waals surface area contributed by atoms with Crippen LogP contribution in [0.25, 0.3) is 5.69 Å². The number of carbonyl (C=O) groups is 3. The van der Waals surface area contributed by atoms with Gasteiger partial charge in [-0.15, -0.1) is 0 Å². The van der Waals surface area contributed by atoms with Gasteiger partial charge in [-0.1, -0.05) is 11.6 Å². The second-order valence-electron chi connectivity index (χ2n) is 6.71. The van der Waals surface area contributed by atoms with E-state index in [-0.39, 0.29) is 6.54 Å². The van der Waals surface area contributed by atoms with E-state index in [9.17, 15) is 14.4 Å². The van der Waals surface area contributed by atoms with Crippen LogP contribution in [0.5, 0.6) is 5.75 Å². The Labute approximate surface area is 173 Å². The highest BCUT2D eigenvalue weighted by atomic mass is 35.5. The number of carbonyl (C=O) groups excluding carboxylic acids is 3. The second kappa shape index (κ2) is 8.16. The highest BCUT2D eigenvalue weighted by Crippen LogP contribution is 2.31. The monoisotopic (exact) mass is 419 g/mol. The SMILES string of the molecule is COc1ccc(Cl)cc1-n1c(C)cc(C(=O)OC(C)C(=O)N2CCNC2=O)c1C. The van der Waals surface area contributed by atoms with E-state index in [1.807, 2.05) is 11.5 Å². The fourth-order valence-corrected chi connectivity index (χ4v) is 3.52. The first-order valence-corrected chi connectivity index (χ1v) is 9.45. The van der Waals surface area contributed by atoms with E-state index in [0.717, 1.165) is 10.6 Å². The summed E-state index contributed by atoms with van der Waals surface area (Å²) in [5.74, 6) is -0.607. The number of aryl methyl sites for hydroxylation is 1. The predicted molar refractivity (Wildman–Crippen MR) is 107 cm³/mol. The largest absolute Gasteiger partial charge is 0.495 e. The van der Waals surface area contributed by atoms with Gasteiger partial charge in [0.05, 0.1) is 18.4 Å². The maximum absolute atomic E-state index is 12.7. The third-order valence-corrected chi connectivity index (χ3v) is 5.02. The van der Waals surface area contributed by atoms with Gasteiger partial charge in [0, 0.05) is 29.5 Å². The van der Waals surface area contributed by atoms with Crippen LogP contribution >= 0.6 is 11.6 Å². The first-order valence-electron chi connectivity index (χ1n) is 9.07. The minimum atomic E-state index is -1.09. The van der Waals surface area contributed by atoms with Crippen molar-refractivity contribution in [1.82, 2.24) is 14.8 Å². The number of halogens is 1. The molecule has 1 atom stereocenters. The minimum Gasteiger partial charge on any atom is -0.495 e. The molecule has 9 heteroatoms. The van der Waals surface area contributed by atoms with Crippen LogP contribution in [-0.2, 0) is 9.53 Å². The topological polar surface area (TPSA) is 89.9 Å². The van der Waals surface area contributed by atoms with E-state index in [4.69, 9.17) is 21.1 Å². The number of rotatable bonds is 5. The van der Waals surface area contributed by atoms with Gasteiger partial charge in [0.15, 0.2) is 6.10 Å². The average molecular weight is 420 g/mol. The lowest BCUT2D eigenvalue weighted by Gasteiger charge is -2.18. The van der Waals surface area contributed by atoms with Crippen molar-refractivity contribution < 1.29 is 23.9 Å². The summed E-state index contributed by atoms with van der Waals surface area (Å²) in [6, 6.07) is 6.40. The number of ether oxygens (including phenoxy) is 2. The molecule has 0 saturated carbocycles. The molecule has 29 heavy (non-hydrogen) atoms. The van der Waals surface area contributed by atoms with Crippen LogP contribution in [0.15, 0.2) is 24.3 Å². The van der Waals surface area contributed by atoms with Crippen molar-refractivity contribution in [2.75, 3.05) is 20.2 Å². The summed E-state index contributed by atoms with van der Waals surface area (Å²) < 4.78 is 12.6. The fraction of sp³-hybridized carbons (Fsp3) is 0.350. The Morgan fingerprint density at radius 2 is 1.97 bits per heavy atom. The van der Waals surface area contributed by atoms with Gasteiger partial charge in [0.25, 0.3) is 5.91 Å². The number of nitrogens with zero attached hydrogens (tertiary/aromatic N) is 2. The molecule has 1 aromatic carbocycles. The number of esters is 1. The second-order valence-corrected chi connectivity index (χ2v) is 7.14. The smallest absolute Gasteiger partial charge is 0.340 e. The molecule has 0 spiro atoms. The summed E-state index contributed by atoms with van der Waals surface area (Å²) in [4.78, 5) is 37.8. The highest BCUT2D eigenvalue weighted by Gasteiger charge is 2.32. The Hall–Kier alpha value is -3.00. The number of urea groups is 1. The van der Waals surface area contributed by atoms with Crippen LogP contribution in [0.1, 0.15) is 28.7 Å². The number of aromatic nitrogens is 1. The average Bonchev–Trinajstić information content (AvgIpc) is 3.23. The van der Waals surface area contributed by atoms with Gasteiger partial charge in [0.2, 0.25) is 0 Å². The predicted octanol–water partition coefficient (Wildman–Crippen LogP) is 2.85. The molecule has 8 nitrogen and oxygen atoms in total. The summed E-state index contributed by atoms with van der Waals surface area (Å²) in [6.07, 6.45) is -1.09.